The normalized spacial score (nSPS) is 13.4. The lowest BCUT2D eigenvalue weighted by Crippen LogP contribution is -2.32. The number of hydrogen-bond donors (Lipinski definition) is 1. The topological polar surface area (TPSA) is 72.6 Å². The van der Waals surface area contributed by atoms with Gasteiger partial charge in [0, 0.05) is 18.2 Å². The number of rotatable bonds is 8. The number of nitrogens with two attached hydrogens (primary N) is 1. The summed E-state index contributed by atoms with van der Waals surface area (Å²) in [6.07, 6.45) is 2.07. The molecule has 142 valence electrons. The van der Waals surface area contributed by atoms with Gasteiger partial charge in [-0.25, -0.2) is 0 Å². The number of carbonyl (C=O) groups excluding carboxylic acids is 2. The molecule has 2 N–H and O–H groups in total. The molecule has 5 nitrogen and oxygen atoms in total. The molecular weight excluding hydrogens is 340 g/mol. The summed E-state index contributed by atoms with van der Waals surface area (Å²) in [6, 6.07) is 15.7. The monoisotopic (exact) mass is 366 g/mol. The maximum absolute atomic E-state index is 13.1. The van der Waals surface area contributed by atoms with Gasteiger partial charge in [-0.3, -0.25) is 9.59 Å². The number of ether oxygens (including phenoxy) is 1. The van der Waals surface area contributed by atoms with Crippen LogP contribution in [0.4, 0.5) is 0 Å². The highest BCUT2D eigenvalue weighted by atomic mass is 16.5. The summed E-state index contributed by atoms with van der Waals surface area (Å²) in [5.41, 5.74) is 8.09. The minimum absolute atomic E-state index is 0.0186. The Morgan fingerprint density at radius 1 is 1.15 bits per heavy atom. The predicted molar refractivity (Wildman–Crippen MR) is 105 cm³/mol. The minimum atomic E-state index is -0.545. The average molecular weight is 366 g/mol. The molecule has 0 aromatic heterocycles. The van der Waals surface area contributed by atoms with E-state index in [-0.39, 0.29) is 18.6 Å². The van der Waals surface area contributed by atoms with E-state index in [1.165, 1.54) is 5.56 Å². The molecule has 0 heterocycles. The Kier molecular flexibility index (Phi) is 5.79. The van der Waals surface area contributed by atoms with Crippen molar-refractivity contribution in [2.75, 3.05) is 6.61 Å². The van der Waals surface area contributed by atoms with Gasteiger partial charge in [-0.1, -0.05) is 44.2 Å². The third kappa shape index (κ3) is 5.09. The van der Waals surface area contributed by atoms with Crippen LogP contribution in [0.2, 0.25) is 0 Å². The number of hydrogen-bond acceptors (Lipinski definition) is 3. The third-order valence-corrected chi connectivity index (χ3v) is 4.71. The lowest BCUT2D eigenvalue weighted by Gasteiger charge is -2.23. The van der Waals surface area contributed by atoms with Gasteiger partial charge in [0.2, 0.25) is 0 Å². The maximum atomic E-state index is 13.1. The van der Waals surface area contributed by atoms with E-state index < -0.39 is 5.91 Å². The molecule has 0 aliphatic heterocycles. The van der Waals surface area contributed by atoms with Gasteiger partial charge >= 0.3 is 0 Å². The van der Waals surface area contributed by atoms with Gasteiger partial charge in [-0.15, -0.1) is 0 Å². The third-order valence-electron chi connectivity index (χ3n) is 4.71. The van der Waals surface area contributed by atoms with Crippen molar-refractivity contribution in [1.82, 2.24) is 4.90 Å². The summed E-state index contributed by atoms with van der Waals surface area (Å²) in [5, 5.41) is 0. The van der Waals surface area contributed by atoms with Crippen LogP contribution in [0.5, 0.6) is 5.75 Å². The van der Waals surface area contributed by atoms with Gasteiger partial charge in [0.1, 0.15) is 5.75 Å². The van der Waals surface area contributed by atoms with Crippen LogP contribution in [-0.2, 0) is 11.3 Å². The second-order valence-corrected chi connectivity index (χ2v) is 7.34. The summed E-state index contributed by atoms with van der Waals surface area (Å²) < 4.78 is 5.32. The van der Waals surface area contributed by atoms with Gasteiger partial charge in [-0.2, -0.15) is 0 Å². The van der Waals surface area contributed by atoms with Crippen molar-refractivity contribution in [2.24, 2.45) is 5.73 Å². The lowest BCUT2D eigenvalue weighted by molar-refractivity contribution is -0.119. The Labute approximate surface area is 160 Å². The van der Waals surface area contributed by atoms with Crippen molar-refractivity contribution in [1.29, 1.82) is 0 Å². The smallest absolute Gasteiger partial charge is 0.255 e. The molecule has 0 saturated heterocycles. The SMILES string of the molecule is CC(C)c1ccc(CN(C(=O)c2cccc(OCC(N)=O)c2)C2CC2)cc1. The predicted octanol–water partition coefficient (Wildman–Crippen LogP) is 3.48. The van der Waals surface area contributed by atoms with Crippen LogP contribution in [0.25, 0.3) is 0 Å². The van der Waals surface area contributed by atoms with Gasteiger partial charge in [0.25, 0.3) is 11.8 Å². The Bertz CT molecular complexity index is 811. The summed E-state index contributed by atoms with van der Waals surface area (Å²) >= 11 is 0. The number of primary amides is 1. The highest BCUT2D eigenvalue weighted by Gasteiger charge is 2.33. The Morgan fingerprint density at radius 2 is 1.85 bits per heavy atom. The standard InChI is InChI=1S/C22H26N2O3/c1-15(2)17-8-6-16(7-9-17)13-24(19-10-11-19)22(26)18-4-3-5-20(12-18)27-14-21(23)25/h3-9,12,15,19H,10-11,13-14H2,1-2H3,(H2,23,25). The Hall–Kier alpha value is -2.82. The lowest BCUT2D eigenvalue weighted by atomic mass is 10.0. The van der Waals surface area contributed by atoms with Crippen LogP contribution in [0.3, 0.4) is 0 Å². The molecule has 1 saturated carbocycles. The van der Waals surface area contributed by atoms with Gasteiger partial charge < -0.3 is 15.4 Å². The van der Waals surface area contributed by atoms with E-state index in [4.69, 9.17) is 10.5 Å². The van der Waals surface area contributed by atoms with E-state index >= 15 is 0 Å². The zero-order valence-electron chi connectivity index (χ0n) is 15.9. The van der Waals surface area contributed by atoms with Gasteiger partial charge in [0.05, 0.1) is 0 Å². The molecule has 1 fully saturated rings. The van der Waals surface area contributed by atoms with Gasteiger partial charge in [0.15, 0.2) is 6.61 Å². The van der Waals surface area contributed by atoms with Crippen LogP contribution in [0, 0.1) is 0 Å². The summed E-state index contributed by atoms with van der Waals surface area (Å²) in [6.45, 7) is 4.73. The van der Waals surface area contributed by atoms with E-state index in [1.807, 2.05) is 4.90 Å². The van der Waals surface area contributed by atoms with E-state index in [0.29, 0.717) is 23.8 Å². The molecule has 2 aromatic carbocycles. The van der Waals surface area contributed by atoms with Crippen molar-refractivity contribution in [3.05, 3.63) is 65.2 Å². The average Bonchev–Trinajstić information content (AvgIpc) is 3.49. The van der Waals surface area contributed by atoms with Crippen molar-refractivity contribution in [3.63, 3.8) is 0 Å². The highest BCUT2D eigenvalue weighted by molar-refractivity contribution is 5.95. The molecular formula is C22H26N2O3. The first-order valence-corrected chi connectivity index (χ1v) is 9.35. The maximum Gasteiger partial charge on any atom is 0.255 e. The van der Waals surface area contributed by atoms with Crippen molar-refractivity contribution in [2.45, 2.75) is 45.2 Å². The van der Waals surface area contributed by atoms with Crippen LogP contribution in [-0.4, -0.2) is 29.4 Å². The molecule has 5 heteroatoms. The summed E-state index contributed by atoms with van der Waals surface area (Å²) in [7, 11) is 0. The molecule has 1 aliphatic rings. The van der Waals surface area contributed by atoms with Crippen LogP contribution >= 0.6 is 0 Å². The fourth-order valence-corrected chi connectivity index (χ4v) is 3.00. The quantitative estimate of drug-likeness (QED) is 0.777. The molecule has 1 aliphatic carbocycles. The van der Waals surface area contributed by atoms with Crippen LogP contribution < -0.4 is 10.5 Å². The van der Waals surface area contributed by atoms with E-state index in [0.717, 1.165) is 18.4 Å². The summed E-state index contributed by atoms with van der Waals surface area (Å²) in [5.74, 6) is 0.395. The second-order valence-electron chi connectivity index (χ2n) is 7.34. The van der Waals surface area contributed by atoms with E-state index in [9.17, 15) is 9.59 Å². The Morgan fingerprint density at radius 3 is 2.44 bits per heavy atom. The number of carbonyl (C=O) groups is 2. The zero-order chi connectivity index (χ0) is 19.4. The molecule has 0 bridgehead atoms. The highest BCUT2D eigenvalue weighted by Crippen LogP contribution is 2.30. The number of amides is 2. The van der Waals surface area contributed by atoms with Crippen LogP contribution in [0.15, 0.2) is 48.5 Å². The molecule has 0 spiro atoms. The first-order valence-electron chi connectivity index (χ1n) is 9.35. The van der Waals surface area contributed by atoms with Crippen molar-refractivity contribution in [3.8, 4) is 5.75 Å². The number of nitrogens with zero attached hydrogens (tertiary/aromatic N) is 1. The van der Waals surface area contributed by atoms with Gasteiger partial charge in [-0.05, 0) is 48.1 Å². The first-order chi connectivity index (χ1) is 12.9. The van der Waals surface area contributed by atoms with Crippen LogP contribution in [0.1, 0.15) is 54.1 Å². The largest absolute Gasteiger partial charge is 0.484 e. The molecule has 3 rings (SSSR count). The zero-order valence-corrected chi connectivity index (χ0v) is 15.9. The Balaban J connectivity index is 1.74. The first kappa shape index (κ1) is 19.0. The molecule has 0 radical (unpaired) electrons. The fraction of sp³-hybridized carbons (Fsp3) is 0.364. The molecule has 2 aromatic rings. The number of benzene rings is 2. The minimum Gasteiger partial charge on any atom is -0.484 e. The van der Waals surface area contributed by atoms with E-state index in [1.54, 1.807) is 24.3 Å². The summed E-state index contributed by atoms with van der Waals surface area (Å²) in [4.78, 5) is 25.9. The molecule has 0 unspecified atom stereocenters. The molecule has 27 heavy (non-hydrogen) atoms. The second kappa shape index (κ2) is 8.25. The van der Waals surface area contributed by atoms with Crippen molar-refractivity contribution < 1.29 is 14.3 Å². The fourth-order valence-electron chi connectivity index (χ4n) is 3.00. The van der Waals surface area contributed by atoms with E-state index in [2.05, 4.69) is 38.1 Å². The molecule has 2 amide bonds. The van der Waals surface area contributed by atoms with Crippen molar-refractivity contribution >= 4 is 11.8 Å². The molecule has 0 atom stereocenters.